The van der Waals surface area contributed by atoms with Crippen molar-refractivity contribution in [3.63, 3.8) is 0 Å². The molecule has 0 spiro atoms. The zero-order valence-corrected chi connectivity index (χ0v) is 12.7. The number of carboxylic acids is 1. The molecule has 1 atom stereocenters. The van der Waals surface area contributed by atoms with Gasteiger partial charge in [-0.1, -0.05) is 5.57 Å². The van der Waals surface area contributed by atoms with E-state index in [0.29, 0.717) is 17.7 Å². The lowest BCUT2D eigenvalue weighted by Crippen LogP contribution is -2.41. The maximum absolute atomic E-state index is 13.8. The van der Waals surface area contributed by atoms with Gasteiger partial charge in [-0.2, -0.15) is 4.72 Å². The van der Waals surface area contributed by atoms with Crippen LogP contribution in [0.1, 0.15) is 13.3 Å². The second-order valence-electron chi connectivity index (χ2n) is 4.59. The maximum atomic E-state index is 13.8. The van der Waals surface area contributed by atoms with Crippen molar-refractivity contribution in [2.75, 3.05) is 7.11 Å². The molecule has 0 heterocycles. The van der Waals surface area contributed by atoms with Gasteiger partial charge in [0.15, 0.2) is 4.90 Å². The molecule has 1 rings (SSSR count). The van der Waals surface area contributed by atoms with E-state index in [2.05, 4.69) is 11.3 Å². The summed E-state index contributed by atoms with van der Waals surface area (Å²) in [7, 11) is -3.54. The van der Waals surface area contributed by atoms with Crippen LogP contribution in [0.25, 0.3) is 0 Å². The van der Waals surface area contributed by atoms with E-state index in [1.54, 1.807) is 0 Å². The zero-order chi connectivity index (χ0) is 17.1. The van der Waals surface area contributed by atoms with Crippen LogP contribution in [0, 0.1) is 11.6 Å². The number of halogens is 2. The van der Waals surface area contributed by atoms with Gasteiger partial charge < -0.3 is 9.84 Å². The number of nitrogens with one attached hydrogen (secondary N) is 1. The Hall–Kier alpha value is -2.00. The number of benzene rings is 1. The predicted molar refractivity (Wildman–Crippen MR) is 74.1 cm³/mol. The molecule has 0 aliphatic carbocycles. The second kappa shape index (κ2) is 6.84. The van der Waals surface area contributed by atoms with E-state index in [-0.39, 0.29) is 6.42 Å². The second-order valence-corrected chi connectivity index (χ2v) is 6.24. The molecule has 0 aliphatic rings. The van der Waals surface area contributed by atoms with E-state index in [4.69, 9.17) is 5.11 Å². The Morgan fingerprint density at radius 2 is 2.05 bits per heavy atom. The molecule has 0 aliphatic heterocycles. The Balaban J connectivity index is 3.30. The fourth-order valence-electron chi connectivity index (χ4n) is 1.72. The molecule has 0 aromatic heterocycles. The number of methoxy groups -OCH3 is 1. The first kappa shape index (κ1) is 18.1. The normalized spacial score (nSPS) is 12.7. The minimum atomic E-state index is -4.58. The third kappa shape index (κ3) is 4.25. The molecule has 0 bridgehead atoms. The number of rotatable bonds is 7. The molecule has 0 saturated carbocycles. The summed E-state index contributed by atoms with van der Waals surface area (Å²) >= 11 is 0. The van der Waals surface area contributed by atoms with Crippen LogP contribution in [0.3, 0.4) is 0 Å². The molecule has 0 amide bonds. The van der Waals surface area contributed by atoms with Gasteiger partial charge in [0.1, 0.15) is 23.4 Å². The third-order valence-electron chi connectivity index (χ3n) is 2.61. The molecule has 2 N–H and O–H groups in total. The van der Waals surface area contributed by atoms with E-state index >= 15 is 0 Å². The molecule has 1 aromatic rings. The molecule has 0 saturated heterocycles. The molecule has 9 heteroatoms. The van der Waals surface area contributed by atoms with Crippen LogP contribution < -0.4 is 9.46 Å². The molecule has 22 heavy (non-hydrogen) atoms. The average molecular weight is 335 g/mol. The Morgan fingerprint density at radius 1 is 1.45 bits per heavy atom. The smallest absolute Gasteiger partial charge is 0.322 e. The first-order chi connectivity index (χ1) is 10.1. The highest BCUT2D eigenvalue weighted by Crippen LogP contribution is 2.28. The molecule has 0 radical (unpaired) electrons. The highest BCUT2D eigenvalue weighted by atomic mass is 32.2. The van der Waals surface area contributed by atoms with Crippen molar-refractivity contribution in [3.8, 4) is 5.75 Å². The largest absolute Gasteiger partial charge is 0.495 e. The van der Waals surface area contributed by atoms with E-state index in [1.165, 1.54) is 6.92 Å². The van der Waals surface area contributed by atoms with Gasteiger partial charge in [0.05, 0.1) is 7.11 Å². The van der Waals surface area contributed by atoms with Crippen molar-refractivity contribution in [2.45, 2.75) is 24.3 Å². The summed E-state index contributed by atoms with van der Waals surface area (Å²) in [6, 6.07) is -0.478. The number of hydrogen-bond donors (Lipinski definition) is 2. The topological polar surface area (TPSA) is 92.7 Å². The summed E-state index contributed by atoms with van der Waals surface area (Å²) in [6.45, 7) is 5.01. The Labute approximate surface area is 126 Å². The van der Waals surface area contributed by atoms with Crippen molar-refractivity contribution in [2.24, 2.45) is 0 Å². The van der Waals surface area contributed by atoms with Gasteiger partial charge in [-0.15, -0.1) is 6.58 Å². The van der Waals surface area contributed by atoms with Gasteiger partial charge in [-0.25, -0.2) is 17.2 Å². The minimum Gasteiger partial charge on any atom is -0.495 e. The van der Waals surface area contributed by atoms with E-state index in [9.17, 15) is 22.0 Å². The fraction of sp³-hybridized carbons (Fsp3) is 0.308. The van der Waals surface area contributed by atoms with Crippen molar-refractivity contribution in [1.29, 1.82) is 0 Å². The molecular formula is C13H15F2NO5S. The molecular weight excluding hydrogens is 320 g/mol. The van der Waals surface area contributed by atoms with Crippen LogP contribution in [0.4, 0.5) is 8.78 Å². The number of carbonyl (C=O) groups is 1. The van der Waals surface area contributed by atoms with Crippen LogP contribution in [0.5, 0.6) is 5.75 Å². The number of aliphatic carboxylic acids is 1. The summed E-state index contributed by atoms with van der Waals surface area (Å²) in [5.74, 6) is -4.42. The summed E-state index contributed by atoms with van der Waals surface area (Å²) in [6.07, 6.45) is -0.181. The number of ether oxygens (including phenoxy) is 1. The number of hydrogen-bond acceptors (Lipinski definition) is 4. The quantitative estimate of drug-likeness (QED) is 0.740. The monoisotopic (exact) mass is 335 g/mol. The van der Waals surface area contributed by atoms with E-state index in [0.717, 1.165) is 7.11 Å². The van der Waals surface area contributed by atoms with Crippen molar-refractivity contribution in [3.05, 3.63) is 35.9 Å². The van der Waals surface area contributed by atoms with Gasteiger partial charge in [0, 0.05) is 12.1 Å². The van der Waals surface area contributed by atoms with E-state index in [1.807, 2.05) is 4.72 Å². The van der Waals surface area contributed by atoms with Crippen molar-refractivity contribution < 1.29 is 31.8 Å². The van der Waals surface area contributed by atoms with Gasteiger partial charge >= 0.3 is 5.97 Å². The zero-order valence-electron chi connectivity index (χ0n) is 11.9. The molecule has 122 valence electrons. The summed E-state index contributed by atoms with van der Waals surface area (Å²) < 4.78 is 57.8. The molecule has 6 nitrogen and oxygen atoms in total. The van der Waals surface area contributed by atoms with Crippen LogP contribution in [0.2, 0.25) is 0 Å². The average Bonchev–Trinajstić information content (AvgIpc) is 2.35. The molecule has 0 fully saturated rings. The summed E-state index contributed by atoms with van der Waals surface area (Å²) in [5.41, 5.74) is 0.418. The predicted octanol–water partition coefficient (Wildman–Crippen LogP) is 1.67. The van der Waals surface area contributed by atoms with Gasteiger partial charge in [0.2, 0.25) is 10.0 Å². The highest BCUT2D eigenvalue weighted by Gasteiger charge is 2.30. The van der Waals surface area contributed by atoms with Crippen molar-refractivity contribution in [1.82, 2.24) is 4.72 Å². The van der Waals surface area contributed by atoms with Crippen LogP contribution in [0.15, 0.2) is 29.2 Å². The first-order valence-electron chi connectivity index (χ1n) is 6.01. The van der Waals surface area contributed by atoms with Crippen molar-refractivity contribution >= 4 is 16.0 Å². The van der Waals surface area contributed by atoms with Crippen LogP contribution in [-0.2, 0) is 14.8 Å². The Morgan fingerprint density at radius 3 is 2.50 bits per heavy atom. The lowest BCUT2D eigenvalue weighted by molar-refractivity contribution is -0.138. The summed E-state index contributed by atoms with van der Waals surface area (Å²) in [5, 5.41) is 9.02. The number of carboxylic acid groups (broad SMARTS) is 1. The van der Waals surface area contributed by atoms with Gasteiger partial charge in [-0.3, -0.25) is 4.79 Å². The fourth-order valence-corrected chi connectivity index (χ4v) is 3.12. The Bertz CT molecular complexity index is 703. The van der Waals surface area contributed by atoms with Crippen LogP contribution >= 0.6 is 0 Å². The lowest BCUT2D eigenvalue weighted by Gasteiger charge is -2.16. The van der Waals surface area contributed by atoms with E-state index < -0.39 is 44.3 Å². The first-order valence-corrected chi connectivity index (χ1v) is 7.49. The highest BCUT2D eigenvalue weighted by molar-refractivity contribution is 7.89. The van der Waals surface area contributed by atoms with Gasteiger partial charge in [0.25, 0.3) is 0 Å². The molecule has 1 unspecified atom stereocenters. The third-order valence-corrected chi connectivity index (χ3v) is 4.14. The lowest BCUT2D eigenvalue weighted by atomic mass is 10.1. The maximum Gasteiger partial charge on any atom is 0.322 e. The number of sulfonamides is 1. The van der Waals surface area contributed by atoms with Crippen LogP contribution in [-0.4, -0.2) is 32.6 Å². The SMILES string of the molecule is C=C(C)CC(NS(=O)(=O)c1c(F)cc(F)cc1OC)C(=O)O. The Kier molecular flexibility index (Phi) is 5.61. The van der Waals surface area contributed by atoms with Gasteiger partial charge in [-0.05, 0) is 13.3 Å². The minimum absolute atomic E-state index is 0.181. The molecule has 1 aromatic carbocycles. The standard InChI is InChI=1S/C13H15F2NO5S/c1-7(2)4-10(13(17)18)16-22(19,20)12-9(15)5-8(14)6-11(12)21-3/h5-6,10,16H,1,4H2,2-3H3,(H,17,18). The summed E-state index contributed by atoms with van der Waals surface area (Å²) in [4.78, 5) is 10.1.